The molecule has 24 heavy (non-hydrogen) atoms. The molecule has 0 bridgehead atoms. The summed E-state index contributed by atoms with van der Waals surface area (Å²) in [5, 5.41) is 22.7. The van der Waals surface area contributed by atoms with Gasteiger partial charge in [0, 0.05) is 18.7 Å². The van der Waals surface area contributed by atoms with Crippen LogP contribution in [0.1, 0.15) is 5.69 Å². The smallest absolute Gasteiger partial charge is 0.313 e. The van der Waals surface area contributed by atoms with Crippen LogP contribution in [0.4, 0.5) is 0 Å². The number of halogens is 1. The molecule has 0 spiro atoms. The van der Waals surface area contributed by atoms with Crippen LogP contribution in [0.25, 0.3) is 17.2 Å². The molecule has 3 aromatic rings. The predicted octanol–water partition coefficient (Wildman–Crippen LogP) is 2.81. The Labute approximate surface area is 147 Å². The molecular weight excluding hydrogens is 350 g/mol. The number of carboxylic acids is 1. The minimum Gasteiger partial charge on any atom is -0.481 e. The first-order chi connectivity index (χ1) is 11.5. The van der Waals surface area contributed by atoms with Crippen molar-refractivity contribution >= 4 is 29.3 Å². The van der Waals surface area contributed by atoms with E-state index in [-0.39, 0.29) is 5.75 Å². The number of thioether (sulfide) groups is 1. The highest BCUT2D eigenvalue weighted by Gasteiger charge is 2.21. The van der Waals surface area contributed by atoms with E-state index in [2.05, 4.69) is 15.3 Å². The normalized spacial score (nSPS) is 11.0. The molecule has 0 unspecified atom stereocenters. The fraction of sp³-hybridized carbons (Fsp3) is 0.200. The molecule has 0 atom stereocenters. The molecule has 7 nitrogen and oxygen atoms in total. The van der Waals surface area contributed by atoms with Gasteiger partial charge in [-0.2, -0.15) is 5.10 Å². The van der Waals surface area contributed by atoms with Gasteiger partial charge in [-0.25, -0.2) is 0 Å². The number of aryl methyl sites for hydroxylation is 2. The first-order valence-electron chi connectivity index (χ1n) is 7.03. The quantitative estimate of drug-likeness (QED) is 0.701. The Hall–Kier alpha value is -2.32. The Morgan fingerprint density at radius 3 is 2.71 bits per heavy atom. The summed E-state index contributed by atoms with van der Waals surface area (Å²) in [6.45, 7) is 1.88. The lowest BCUT2D eigenvalue weighted by Crippen LogP contribution is -2.07. The topological polar surface area (TPSA) is 85.8 Å². The van der Waals surface area contributed by atoms with Crippen LogP contribution in [0.3, 0.4) is 0 Å². The van der Waals surface area contributed by atoms with Crippen molar-refractivity contribution in [3.05, 3.63) is 41.0 Å². The number of rotatable bonds is 5. The summed E-state index contributed by atoms with van der Waals surface area (Å²) < 4.78 is 3.47. The highest BCUT2D eigenvalue weighted by molar-refractivity contribution is 7.99. The van der Waals surface area contributed by atoms with Crippen LogP contribution in [0.2, 0.25) is 5.02 Å². The lowest BCUT2D eigenvalue weighted by Gasteiger charge is -2.10. The van der Waals surface area contributed by atoms with Gasteiger partial charge in [-0.1, -0.05) is 35.5 Å². The molecule has 2 aromatic heterocycles. The minimum absolute atomic E-state index is 0.114. The molecule has 0 aliphatic rings. The fourth-order valence-corrected chi connectivity index (χ4v) is 3.20. The van der Waals surface area contributed by atoms with E-state index in [1.54, 1.807) is 15.3 Å². The van der Waals surface area contributed by atoms with Gasteiger partial charge in [-0.05, 0) is 19.1 Å². The summed E-state index contributed by atoms with van der Waals surface area (Å²) in [5.41, 5.74) is 1.55. The average molecular weight is 364 g/mol. The molecule has 2 heterocycles. The van der Waals surface area contributed by atoms with Crippen LogP contribution < -0.4 is 0 Å². The van der Waals surface area contributed by atoms with Gasteiger partial charge in [0.05, 0.1) is 16.5 Å². The SMILES string of the molecule is Cc1cc(-n2c(SCC(=O)O)nnc2-c2ccccc2Cl)n(C)n1. The Kier molecular flexibility index (Phi) is 4.59. The number of hydrogen-bond acceptors (Lipinski definition) is 5. The number of carbonyl (C=O) groups is 1. The summed E-state index contributed by atoms with van der Waals surface area (Å²) in [6.07, 6.45) is 0. The summed E-state index contributed by atoms with van der Waals surface area (Å²) >= 11 is 7.39. The highest BCUT2D eigenvalue weighted by atomic mass is 35.5. The number of nitrogens with zero attached hydrogens (tertiary/aromatic N) is 5. The molecule has 0 radical (unpaired) electrons. The van der Waals surface area contributed by atoms with Crippen LogP contribution in [0.15, 0.2) is 35.5 Å². The Bertz CT molecular complexity index is 905. The lowest BCUT2D eigenvalue weighted by molar-refractivity contribution is -0.133. The van der Waals surface area contributed by atoms with Crippen molar-refractivity contribution in [3.8, 4) is 17.2 Å². The van der Waals surface area contributed by atoms with Gasteiger partial charge in [-0.3, -0.25) is 14.0 Å². The zero-order chi connectivity index (χ0) is 17.3. The summed E-state index contributed by atoms with van der Waals surface area (Å²) in [4.78, 5) is 10.9. The number of aliphatic carboxylic acids is 1. The Balaban J connectivity index is 2.18. The van der Waals surface area contributed by atoms with E-state index in [1.807, 2.05) is 38.2 Å². The van der Waals surface area contributed by atoms with Crippen molar-refractivity contribution in [1.29, 1.82) is 0 Å². The largest absolute Gasteiger partial charge is 0.481 e. The second-order valence-electron chi connectivity index (χ2n) is 5.07. The van der Waals surface area contributed by atoms with Crippen LogP contribution in [-0.4, -0.2) is 41.4 Å². The number of aromatic nitrogens is 5. The van der Waals surface area contributed by atoms with Gasteiger partial charge in [0.1, 0.15) is 5.82 Å². The van der Waals surface area contributed by atoms with E-state index < -0.39 is 5.97 Å². The average Bonchev–Trinajstić information content (AvgIpc) is 3.08. The zero-order valence-electron chi connectivity index (χ0n) is 13.0. The van der Waals surface area contributed by atoms with Gasteiger partial charge in [0.2, 0.25) is 0 Å². The second kappa shape index (κ2) is 6.66. The molecule has 1 aromatic carbocycles. The highest BCUT2D eigenvalue weighted by Crippen LogP contribution is 2.31. The van der Waals surface area contributed by atoms with Crippen LogP contribution in [-0.2, 0) is 11.8 Å². The van der Waals surface area contributed by atoms with Gasteiger partial charge in [0.15, 0.2) is 11.0 Å². The van der Waals surface area contributed by atoms with Crippen LogP contribution in [0, 0.1) is 6.92 Å². The molecule has 0 aliphatic carbocycles. The third-order valence-electron chi connectivity index (χ3n) is 3.28. The lowest BCUT2D eigenvalue weighted by atomic mass is 10.2. The molecule has 124 valence electrons. The third kappa shape index (κ3) is 3.15. The first-order valence-corrected chi connectivity index (χ1v) is 8.39. The van der Waals surface area contributed by atoms with Gasteiger partial charge < -0.3 is 5.11 Å². The first kappa shape index (κ1) is 16.5. The van der Waals surface area contributed by atoms with Crippen molar-refractivity contribution in [3.63, 3.8) is 0 Å². The summed E-state index contributed by atoms with van der Waals surface area (Å²) in [6, 6.07) is 9.19. The molecule has 0 saturated heterocycles. The van der Waals surface area contributed by atoms with E-state index in [0.717, 1.165) is 23.3 Å². The summed E-state index contributed by atoms with van der Waals surface area (Å²) in [7, 11) is 1.81. The van der Waals surface area contributed by atoms with Crippen molar-refractivity contribution in [2.45, 2.75) is 12.1 Å². The number of hydrogen-bond donors (Lipinski definition) is 1. The van der Waals surface area contributed by atoms with Gasteiger partial charge >= 0.3 is 5.97 Å². The van der Waals surface area contributed by atoms with Crippen molar-refractivity contribution < 1.29 is 9.90 Å². The van der Waals surface area contributed by atoms with E-state index >= 15 is 0 Å². The van der Waals surface area contributed by atoms with E-state index in [4.69, 9.17) is 16.7 Å². The Morgan fingerprint density at radius 2 is 2.08 bits per heavy atom. The zero-order valence-corrected chi connectivity index (χ0v) is 14.5. The monoisotopic (exact) mass is 363 g/mol. The van der Waals surface area contributed by atoms with Crippen LogP contribution in [0.5, 0.6) is 0 Å². The molecule has 9 heteroatoms. The Morgan fingerprint density at radius 1 is 1.33 bits per heavy atom. The van der Waals surface area contributed by atoms with Gasteiger partial charge in [-0.15, -0.1) is 10.2 Å². The molecule has 0 aliphatic heterocycles. The van der Waals surface area contributed by atoms with Gasteiger partial charge in [0.25, 0.3) is 0 Å². The predicted molar refractivity (Wildman–Crippen MR) is 91.7 cm³/mol. The van der Waals surface area contributed by atoms with Crippen molar-refractivity contribution in [2.75, 3.05) is 5.75 Å². The standard InChI is InChI=1S/C15H14ClN5O2S/c1-9-7-12(20(2)19-9)21-14(10-5-3-4-6-11(10)16)17-18-15(21)24-8-13(22)23/h3-7H,8H2,1-2H3,(H,22,23). The molecule has 0 fully saturated rings. The molecular formula is C15H14ClN5O2S. The number of carboxylic acid groups (broad SMARTS) is 1. The molecule has 0 saturated carbocycles. The molecule has 3 rings (SSSR count). The number of benzene rings is 1. The van der Waals surface area contributed by atoms with Crippen molar-refractivity contribution in [2.24, 2.45) is 7.05 Å². The maximum atomic E-state index is 10.9. The van der Waals surface area contributed by atoms with Crippen molar-refractivity contribution in [1.82, 2.24) is 24.5 Å². The minimum atomic E-state index is -0.921. The maximum absolute atomic E-state index is 10.9. The van der Waals surface area contributed by atoms with Crippen LogP contribution >= 0.6 is 23.4 Å². The maximum Gasteiger partial charge on any atom is 0.313 e. The molecule has 0 amide bonds. The molecule has 1 N–H and O–H groups in total. The summed E-state index contributed by atoms with van der Waals surface area (Å²) in [5.74, 6) is 0.240. The van der Waals surface area contributed by atoms with E-state index in [0.29, 0.717) is 21.6 Å². The fourth-order valence-electron chi connectivity index (χ4n) is 2.32. The van der Waals surface area contributed by atoms with E-state index in [1.165, 1.54) is 0 Å². The second-order valence-corrected chi connectivity index (χ2v) is 6.42. The third-order valence-corrected chi connectivity index (χ3v) is 4.52. The van der Waals surface area contributed by atoms with E-state index in [9.17, 15) is 4.79 Å².